The van der Waals surface area contributed by atoms with Gasteiger partial charge < -0.3 is 14.5 Å². The highest BCUT2D eigenvalue weighted by molar-refractivity contribution is 6.33. The number of nitrogens with zero attached hydrogens (tertiary/aromatic N) is 4. The first kappa shape index (κ1) is 15.5. The van der Waals surface area contributed by atoms with Crippen molar-refractivity contribution in [2.75, 3.05) is 44.8 Å². The third kappa shape index (κ3) is 3.84. The van der Waals surface area contributed by atoms with Crippen molar-refractivity contribution >= 4 is 23.3 Å². The first-order valence-corrected chi connectivity index (χ1v) is 7.12. The van der Waals surface area contributed by atoms with Crippen LogP contribution in [0.4, 0.5) is 5.82 Å². The number of halogens is 1. The second kappa shape index (κ2) is 7.25. The largest absolute Gasteiger partial charge is 0.378 e. The average molecular weight is 309 g/mol. The molecule has 112 valence electrons. The van der Waals surface area contributed by atoms with Gasteiger partial charge in [-0.25, -0.2) is 4.98 Å². The molecule has 1 fully saturated rings. The van der Waals surface area contributed by atoms with Crippen molar-refractivity contribution < 1.29 is 9.53 Å². The molecule has 0 unspecified atom stereocenters. The Morgan fingerprint density at radius 3 is 2.90 bits per heavy atom. The summed E-state index contributed by atoms with van der Waals surface area (Å²) < 4.78 is 5.23. The highest BCUT2D eigenvalue weighted by Crippen LogP contribution is 2.24. The van der Waals surface area contributed by atoms with Crippen molar-refractivity contribution in [2.45, 2.75) is 6.42 Å². The quantitative estimate of drug-likeness (QED) is 0.844. The molecule has 1 aliphatic rings. The van der Waals surface area contributed by atoms with Crippen molar-refractivity contribution in [3.05, 3.63) is 22.8 Å². The molecule has 2 rings (SSSR count). The summed E-state index contributed by atoms with van der Waals surface area (Å²) in [6.07, 6.45) is 1.92. The van der Waals surface area contributed by atoms with Crippen LogP contribution in [0.2, 0.25) is 5.02 Å². The molecule has 7 heteroatoms. The van der Waals surface area contributed by atoms with E-state index in [1.165, 1.54) is 6.20 Å². The molecule has 0 spiro atoms. The van der Waals surface area contributed by atoms with E-state index in [2.05, 4.69) is 11.1 Å². The molecular formula is C14H17ClN4O2. The number of amides is 1. The monoisotopic (exact) mass is 308 g/mol. The fourth-order valence-electron chi connectivity index (χ4n) is 2.10. The standard InChI is InChI=1S/C14H17ClN4O2/c1-18(4-2-3-16)13-12(15)9-11(10-17-13)14(20)19-5-7-21-8-6-19/h9-10H,2,4-8H2,1H3. The van der Waals surface area contributed by atoms with Gasteiger partial charge in [-0.15, -0.1) is 0 Å². The maximum atomic E-state index is 12.3. The minimum atomic E-state index is -0.0843. The van der Waals surface area contributed by atoms with Gasteiger partial charge in [0.1, 0.15) is 5.82 Å². The Balaban J connectivity index is 2.11. The van der Waals surface area contributed by atoms with Crippen molar-refractivity contribution in [1.82, 2.24) is 9.88 Å². The van der Waals surface area contributed by atoms with Crippen molar-refractivity contribution in [3.8, 4) is 6.07 Å². The van der Waals surface area contributed by atoms with Crippen LogP contribution in [-0.4, -0.2) is 55.7 Å². The van der Waals surface area contributed by atoms with Crippen LogP contribution in [0.15, 0.2) is 12.3 Å². The van der Waals surface area contributed by atoms with E-state index in [1.54, 1.807) is 15.9 Å². The highest BCUT2D eigenvalue weighted by atomic mass is 35.5. The summed E-state index contributed by atoms with van der Waals surface area (Å²) in [5.74, 6) is 0.490. The van der Waals surface area contributed by atoms with Crippen molar-refractivity contribution in [3.63, 3.8) is 0 Å². The van der Waals surface area contributed by atoms with Crippen molar-refractivity contribution in [2.24, 2.45) is 0 Å². The van der Waals surface area contributed by atoms with E-state index < -0.39 is 0 Å². The first-order valence-electron chi connectivity index (χ1n) is 6.74. The number of anilines is 1. The Kier molecular flexibility index (Phi) is 5.37. The molecular weight excluding hydrogens is 292 g/mol. The van der Waals surface area contributed by atoms with E-state index in [-0.39, 0.29) is 5.91 Å². The molecule has 0 saturated carbocycles. The third-order valence-corrected chi connectivity index (χ3v) is 3.57. The summed E-state index contributed by atoms with van der Waals surface area (Å²) in [5.41, 5.74) is 0.472. The lowest BCUT2D eigenvalue weighted by Gasteiger charge is -2.27. The van der Waals surface area contributed by atoms with Crippen LogP contribution in [-0.2, 0) is 4.74 Å². The molecule has 1 aromatic heterocycles. The van der Waals surface area contributed by atoms with Crippen LogP contribution in [0.25, 0.3) is 0 Å². The van der Waals surface area contributed by atoms with Gasteiger partial charge in [0.2, 0.25) is 0 Å². The number of morpholine rings is 1. The fourth-order valence-corrected chi connectivity index (χ4v) is 2.41. The van der Waals surface area contributed by atoms with E-state index in [0.29, 0.717) is 55.7 Å². The summed E-state index contributed by atoms with van der Waals surface area (Å²) in [6, 6.07) is 3.70. The van der Waals surface area contributed by atoms with Gasteiger partial charge in [0.15, 0.2) is 0 Å². The van der Waals surface area contributed by atoms with E-state index in [0.717, 1.165) is 0 Å². The van der Waals surface area contributed by atoms with Gasteiger partial charge >= 0.3 is 0 Å². The predicted octanol–water partition coefficient (Wildman–Crippen LogP) is 1.56. The number of hydrogen-bond acceptors (Lipinski definition) is 5. The van der Waals surface area contributed by atoms with Crippen LogP contribution in [0.3, 0.4) is 0 Å². The lowest BCUT2D eigenvalue weighted by Crippen LogP contribution is -2.40. The summed E-state index contributed by atoms with van der Waals surface area (Å²) >= 11 is 6.20. The van der Waals surface area contributed by atoms with Gasteiger partial charge in [-0.2, -0.15) is 5.26 Å². The number of nitriles is 1. The Morgan fingerprint density at radius 1 is 1.57 bits per heavy atom. The normalized spacial score (nSPS) is 14.6. The van der Waals surface area contributed by atoms with Gasteiger partial charge in [0.05, 0.1) is 36.3 Å². The molecule has 6 nitrogen and oxygen atoms in total. The minimum absolute atomic E-state index is 0.0843. The molecule has 2 heterocycles. The van der Waals surface area contributed by atoms with Crippen LogP contribution in [0, 0.1) is 11.3 Å². The predicted molar refractivity (Wildman–Crippen MR) is 79.5 cm³/mol. The Labute approximate surface area is 128 Å². The lowest BCUT2D eigenvalue weighted by atomic mass is 10.2. The number of aromatic nitrogens is 1. The highest BCUT2D eigenvalue weighted by Gasteiger charge is 2.20. The van der Waals surface area contributed by atoms with Gasteiger partial charge in [-0.05, 0) is 6.07 Å². The van der Waals surface area contributed by atoms with E-state index >= 15 is 0 Å². The van der Waals surface area contributed by atoms with E-state index in [9.17, 15) is 4.79 Å². The van der Waals surface area contributed by atoms with Crippen LogP contribution in [0.1, 0.15) is 16.8 Å². The molecule has 0 atom stereocenters. The second-order valence-corrected chi connectivity index (χ2v) is 5.17. The zero-order valence-electron chi connectivity index (χ0n) is 11.9. The summed E-state index contributed by atoms with van der Waals surface area (Å²) in [4.78, 5) is 20.1. The number of hydrogen-bond donors (Lipinski definition) is 0. The van der Waals surface area contributed by atoms with Crippen LogP contribution < -0.4 is 4.90 Å². The molecule has 0 aliphatic carbocycles. The van der Waals surface area contributed by atoms with Gasteiger partial charge in [-0.3, -0.25) is 4.79 Å². The molecule has 0 bridgehead atoms. The lowest BCUT2D eigenvalue weighted by molar-refractivity contribution is 0.0302. The summed E-state index contributed by atoms with van der Waals surface area (Å²) in [6.45, 7) is 2.82. The topological polar surface area (TPSA) is 69.5 Å². The first-order chi connectivity index (χ1) is 10.1. The maximum Gasteiger partial charge on any atom is 0.255 e. The molecule has 1 aromatic rings. The van der Waals surface area contributed by atoms with Crippen molar-refractivity contribution in [1.29, 1.82) is 5.26 Å². The molecule has 1 aliphatic heterocycles. The molecule has 0 radical (unpaired) electrons. The average Bonchev–Trinajstić information content (AvgIpc) is 2.52. The number of rotatable bonds is 4. The van der Waals surface area contributed by atoms with Gasteiger partial charge in [0.25, 0.3) is 5.91 Å². The molecule has 0 aromatic carbocycles. The summed E-state index contributed by atoms with van der Waals surface area (Å²) in [5, 5.41) is 9.01. The molecule has 21 heavy (non-hydrogen) atoms. The zero-order chi connectivity index (χ0) is 15.2. The maximum absolute atomic E-state index is 12.3. The minimum Gasteiger partial charge on any atom is -0.378 e. The number of carbonyl (C=O) groups excluding carboxylic acids is 1. The zero-order valence-corrected chi connectivity index (χ0v) is 12.6. The number of ether oxygens (including phenoxy) is 1. The fraction of sp³-hybridized carbons (Fsp3) is 0.500. The molecule has 1 saturated heterocycles. The SMILES string of the molecule is CN(CCC#N)c1ncc(C(=O)N2CCOCC2)cc1Cl. The van der Waals surface area contributed by atoms with Crippen LogP contribution >= 0.6 is 11.6 Å². The molecule has 0 N–H and O–H groups in total. The third-order valence-electron chi connectivity index (χ3n) is 3.29. The second-order valence-electron chi connectivity index (χ2n) is 4.76. The van der Waals surface area contributed by atoms with E-state index in [1.807, 2.05) is 7.05 Å². The van der Waals surface area contributed by atoms with E-state index in [4.69, 9.17) is 21.6 Å². The van der Waals surface area contributed by atoms with Crippen LogP contribution in [0.5, 0.6) is 0 Å². The number of carbonyl (C=O) groups is 1. The summed E-state index contributed by atoms with van der Waals surface area (Å²) in [7, 11) is 1.81. The smallest absolute Gasteiger partial charge is 0.255 e. The Hall–Kier alpha value is -1.84. The number of pyridine rings is 1. The van der Waals surface area contributed by atoms with Gasteiger partial charge in [-0.1, -0.05) is 11.6 Å². The van der Waals surface area contributed by atoms with Gasteiger partial charge in [0, 0.05) is 32.9 Å². The molecule has 1 amide bonds. The Bertz CT molecular complexity index is 552. The Morgan fingerprint density at radius 2 is 2.29 bits per heavy atom.